The van der Waals surface area contributed by atoms with Crippen LogP contribution in [0.2, 0.25) is 0 Å². The number of aromatic nitrogens is 1. The monoisotopic (exact) mass is 566 g/mol. The Morgan fingerprint density at radius 2 is 1.76 bits per heavy atom. The number of thiazole rings is 1. The number of ether oxygens (including phenoxy) is 3. The minimum absolute atomic E-state index is 0.209. The molecule has 1 aliphatic rings. The van der Waals surface area contributed by atoms with E-state index in [0.717, 1.165) is 16.7 Å². The topological polar surface area (TPSA) is 79.1 Å². The summed E-state index contributed by atoms with van der Waals surface area (Å²) in [5, 5.41) is 0. The number of para-hydroxylation sites is 1. The first-order chi connectivity index (χ1) is 20.0. The number of rotatable bonds is 10. The standard InChI is InChI=1S/C33H30N2O5S/c1-4-19-39-26-17-15-24(16-18-26)30-29(32(37)38-5-2)22(3)34-33-35(30)31(36)28(41-33)20-25-13-9-10-14-27(25)40-21-23-11-7-6-8-12-23/h4,6-18,20,30H,1,5,19,21H2,2-3H3/b28-20+/t30-/m0/s1. The summed E-state index contributed by atoms with van der Waals surface area (Å²) < 4.78 is 19.2. The van der Waals surface area contributed by atoms with Crippen LogP contribution in [0.1, 0.15) is 36.6 Å². The van der Waals surface area contributed by atoms with Gasteiger partial charge < -0.3 is 14.2 Å². The van der Waals surface area contributed by atoms with Crippen LogP contribution < -0.4 is 24.4 Å². The van der Waals surface area contributed by atoms with Crippen molar-refractivity contribution in [1.29, 1.82) is 0 Å². The average Bonchev–Trinajstić information content (AvgIpc) is 3.29. The minimum atomic E-state index is -0.703. The Labute approximate surface area is 242 Å². The van der Waals surface area contributed by atoms with Crippen LogP contribution in [0.25, 0.3) is 6.08 Å². The highest BCUT2D eigenvalue weighted by Crippen LogP contribution is 2.31. The number of esters is 1. The van der Waals surface area contributed by atoms with E-state index in [0.29, 0.717) is 45.3 Å². The highest BCUT2D eigenvalue weighted by molar-refractivity contribution is 7.07. The first-order valence-electron chi connectivity index (χ1n) is 13.3. The van der Waals surface area contributed by atoms with Crippen LogP contribution in [0.5, 0.6) is 11.5 Å². The zero-order valence-electron chi connectivity index (χ0n) is 22.9. The van der Waals surface area contributed by atoms with Gasteiger partial charge in [0.05, 0.1) is 28.5 Å². The predicted octanol–water partition coefficient (Wildman–Crippen LogP) is 4.94. The molecule has 4 aromatic rings. The van der Waals surface area contributed by atoms with Gasteiger partial charge in [-0.1, -0.05) is 84.7 Å². The van der Waals surface area contributed by atoms with Gasteiger partial charge in [-0.05, 0) is 49.2 Å². The minimum Gasteiger partial charge on any atom is -0.490 e. The van der Waals surface area contributed by atoms with Crippen molar-refractivity contribution < 1.29 is 19.0 Å². The molecule has 1 atom stereocenters. The van der Waals surface area contributed by atoms with Crippen LogP contribution in [0.15, 0.2) is 113 Å². The molecule has 41 heavy (non-hydrogen) atoms. The van der Waals surface area contributed by atoms with Gasteiger partial charge in [0.15, 0.2) is 4.80 Å². The Bertz CT molecular complexity index is 1770. The van der Waals surface area contributed by atoms with Crippen molar-refractivity contribution in [2.75, 3.05) is 13.2 Å². The number of carbonyl (C=O) groups is 1. The van der Waals surface area contributed by atoms with Crippen molar-refractivity contribution >= 4 is 23.4 Å². The molecule has 1 aliphatic heterocycles. The molecule has 2 heterocycles. The maximum atomic E-state index is 14.0. The highest BCUT2D eigenvalue weighted by Gasteiger charge is 2.33. The third kappa shape index (κ3) is 6.07. The molecule has 0 amide bonds. The van der Waals surface area contributed by atoms with E-state index in [2.05, 4.69) is 11.6 Å². The fourth-order valence-corrected chi connectivity index (χ4v) is 5.65. The zero-order chi connectivity index (χ0) is 28.8. The smallest absolute Gasteiger partial charge is 0.338 e. The summed E-state index contributed by atoms with van der Waals surface area (Å²) in [6.07, 6.45) is 3.48. The lowest BCUT2D eigenvalue weighted by molar-refractivity contribution is -0.139. The van der Waals surface area contributed by atoms with Crippen molar-refractivity contribution in [2.24, 2.45) is 4.99 Å². The maximum Gasteiger partial charge on any atom is 0.338 e. The molecule has 0 unspecified atom stereocenters. The molecular weight excluding hydrogens is 536 g/mol. The number of fused-ring (bicyclic) bond motifs is 1. The lowest BCUT2D eigenvalue weighted by Gasteiger charge is -2.24. The Hall–Kier alpha value is -4.69. The van der Waals surface area contributed by atoms with Gasteiger partial charge in [0.2, 0.25) is 0 Å². The molecule has 0 radical (unpaired) electrons. The summed E-state index contributed by atoms with van der Waals surface area (Å²) in [5.41, 5.74) is 3.15. The van der Waals surface area contributed by atoms with E-state index in [1.165, 1.54) is 11.3 Å². The largest absolute Gasteiger partial charge is 0.490 e. The van der Waals surface area contributed by atoms with Crippen LogP contribution in [-0.2, 0) is 16.1 Å². The van der Waals surface area contributed by atoms with Gasteiger partial charge >= 0.3 is 5.97 Å². The third-order valence-electron chi connectivity index (χ3n) is 6.52. The second kappa shape index (κ2) is 12.7. The number of hydrogen-bond acceptors (Lipinski definition) is 7. The number of nitrogens with zero attached hydrogens (tertiary/aromatic N) is 2. The fraction of sp³-hybridized carbons (Fsp3) is 0.182. The molecule has 0 aliphatic carbocycles. The third-order valence-corrected chi connectivity index (χ3v) is 7.51. The van der Waals surface area contributed by atoms with Gasteiger partial charge in [0.1, 0.15) is 24.7 Å². The van der Waals surface area contributed by atoms with E-state index >= 15 is 0 Å². The molecule has 208 valence electrons. The van der Waals surface area contributed by atoms with E-state index in [9.17, 15) is 9.59 Å². The van der Waals surface area contributed by atoms with Gasteiger partial charge in [-0.3, -0.25) is 9.36 Å². The van der Waals surface area contributed by atoms with Crippen molar-refractivity contribution in [3.8, 4) is 11.5 Å². The summed E-state index contributed by atoms with van der Waals surface area (Å²) in [7, 11) is 0. The zero-order valence-corrected chi connectivity index (χ0v) is 23.7. The van der Waals surface area contributed by atoms with Crippen molar-refractivity contribution in [2.45, 2.75) is 26.5 Å². The van der Waals surface area contributed by atoms with Gasteiger partial charge in [-0.15, -0.1) is 0 Å². The lowest BCUT2D eigenvalue weighted by Crippen LogP contribution is -2.39. The molecular formula is C33H30N2O5S. The van der Waals surface area contributed by atoms with E-state index in [1.807, 2.05) is 84.9 Å². The molecule has 8 heteroatoms. The average molecular weight is 567 g/mol. The summed E-state index contributed by atoms with van der Waals surface area (Å²) in [6, 6.07) is 24.1. The Morgan fingerprint density at radius 3 is 2.49 bits per heavy atom. The molecule has 0 fully saturated rings. The van der Waals surface area contributed by atoms with E-state index in [-0.39, 0.29) is 12.2 Å². The molecule has 0 spiro atoms. The number of allylic oxidation sites excluding steroid dienone is 1. The van der Waals surface area contributed by atoms with Gasteiger partial charge in [0.25, 0.3) is 5.56 Å². The Morgan fingerprint density at radius 1 is 1.02 bits per heavy atom. The van der Waals surface area contributed by atoms with Crippen molar-refractivity contribution in [3.05, 3.63) is 139 Å². The van der Waals surface area contributed by atoms with E-state index in [1.54, 1.807) is 24.5 Å². The van der Waals surface area contributed by atoms with Crippen molar-refractivity contribution in [3.63, 3.8) is 0 Å². The molecule has 5 rings (SSSR count). The van der Waals surface area contributed by atoms with Gasteiger partial charge in [0, 0.05) is 5.56 Å². The fourth-order valence-electron chi connectivity index (χ4n) is 4.62. The molecule has 1 aromatic heterocycles. The van der Waals surface area contributed by atoms with Crippen LogP contribution in [-0.4, -0.2) is 23.8 Å². The molecule has 3 aromatic carbocycles. The molecule has 0 N–H and O–H groups in total. The number of carbonyl (C=O) groups excluding carboxylic acids is 1. The second-order valence-corrected chi connectivity index (χ2v) is 10.3. The number of hydrogen-bond donors (Lipinski definition) is 0. The SMILES string of the molecule is C=CCOc1ccc([C@H]2C(C(=O)OCC)=C(C)N=c3s/c(=C/c4ccccc4OCc4ccccc4)c(=O)n32)cc1. The van der Waals surface area contributed by atoms with Crippen LogP contribution in [0.3, 0.4) is 0 Å². The normalized spacial score (nSPS) is 14.7. The van der Waals surface area contributed by atoms with Crippen LogP contribution >= 0.6 is 11.3 Å². The maximum absolute atomic E-state index is 14.0. The van der Waals surface area contributed by atoms with Crippen LogP contribution in [0.4, 0.5) is 0 Å². The lowest BCUT2D eigenvalue weighted by atomic mass is 9.96. The Kier molecular flexibility index (Phi) is 8.60. The summed E-state index contributed by atoms with van der Waals surface area (Å²) >= 11 is 1.27. The Balaban J connectivity index is 1.58. The van der Waals surface area contributed by atoms with E-state index in [4.69, 9.17) is 14.2 Å². The quantitative estimate of drug-likeness (QED) is 0.201. The van der Waals surface area contributed by atoms with Gasteiger partial charge in [-0.25, -0.2) is 9.79 Å². The molecule has 0 saturated heterocycles. The summed E-state index contributed by atoms with van der Waals surface area (Å²) in [4.78, 5) is 32.3. The predicted molar refractivity (Wildman–Crippen MR) is 160 cm³/mol. The molecule has 0 saturated carbocycles. The first kappa shape index (κ1) is 27.9. The summed E-state index contributed by atoms with van der Waals surface area (Å²) in [5.74, 6) is 0.823. The molecule has 0 bridgehead atoms. The molecule has 7 nitrogen and oxygen atoms in total. The summed E-state index contributed by atoms with van der Waals surface area (Å²) in [6.45, 7) is 8.18. The van der Waals surface area contributed by atoms with E-state index < -0.39 is 12.0 Å². The first-order valence-corrected chi connectivity index (χ1v) is 14.1. The second-order valence-electron chi connectivity index (χ2n) is 9.28. The van der Waals surface area contributed by atoms with Crippen LogP contribution in [0, 0.1) is 0 Å². The highest BCUT2D eigenvalue weighted by atomic mass is 32.1. The number of benzene rings is 3. The van der Waals surface area contributed by atoms with Gasteiger partial charge in [-0.2, -0.15) is 0 Å². The van der Waals surface area contributed by atoms with Crippen molar-refractivity contribution in [1.82, 2.24) is 4.57 Å².